The lowest BCUT2D eigenvalue weighted by atomic mass is 10.1. The van der Waals surface area contributed by atoms with Gasteiger partial charge in [0.05, 0.1) is 25.3 Å². The summed E-state index contributed by atoms with van der Waals surface area (Å²) in [6, 6.07) is 5.32. The Morgan fingerprint density at radius 1 is 1.52 bits per heavy atom. The minimum Gasteiger partial charge on any atom is -0.466 e. The zero-order chi connectivity index (χ0) is 15.2. The molecule has 3 N–H and O–H groups in total. The van der Waals surface area contributed by atoms with Crippen molar-refractivity contribution in [2.75, 3.05) is 17.7 Å². The molecule has 0 unspecified atom stereocenters. The van der Waals surface area contributed by atoms with Crippen molar-refractivity contribution in [3.8, 4) is 0 Å². The molecule has 0 aliphatic carbocycles. The molecule has 1 aromatic carbocycles. The standard InChI is InChI=1S/C14H16FN3O2S/c1-2-20-13(19)5-9-3-4-10(6-12(9)16)17-7-11-8-21-14(15)18-11/h3-4,6,8,17H,2,5,7,16H2,1H3. The van der Waals surface area contributed by atoms with Gasteiger partial charge in [0.15, 0.2) is 0 Å². The van der Waals surface area contributed by atoms with Gasteiger partial charge in [0.25, 0.3) is 5.26 Å². The second-order valence-corrected chi connectivity index (χ2v) is 5.15. The molecule has 0 aliphatic heterocycles. The van der Waals surface area contributed by atoms with Gasteiger partial charge >= 0.3 is 5.97 Å². The lowest BCUT2D eigenvalue weighted by molar-refractivity contribution is -0.142. The number of rotatable bonds is 6. The highest BCUT2D eigenvalue weighted by Gasteiger charge is 2.08. The Morgan fingerprint density at radius 2 is 2.33 bits per heavy atom. The summed E-state index contributed by atoms with van der Waals surface area (Å²) in [7, 11) is 0. The van der Waals surface area contributed by atoms with E-state index in [0.29, 0.717) is 24.5 Å². The lowest BCUT2D eigenvalue weighted by Crippen LogP contribution is -2.09. The van der Waals surface area contributed by atoms with Crippen molar-refractivity contribution >= 4 is 28.7 Å². The highest BCUT2D eigenvalue weighted by Crippen LogP contribution is 2.20. The summed E-state index contributed by atoms with van der Waals surface area (Å²) in [5, 5.41) is 4.31. The highest BCUT2D eigenvalue weighted by molar-refractivity contribution is 7.08. The molecule has 0 fully saturated rings. The van der Waals surface area contributed by atoms with Gasteiger partial charge in [0.1, 0.15) is 0 Å². The van der Waals surface area contributed by atoms with Crippen LogP contribution in [0.4, 0.5) is 15.8 Å². The highest BCUT2D eigenvalue weighted by atomic mass is 32.1. The molecule has 5 nitrogen and oxygen atoms in total. The lowest BCUT2D eigenvalue weighted by Gasteiger charge is -2.09. The van der Waals surface area contributed by atoms with Crippen LogP contribution >= 0.6 is 11.3 Å². The number of nitrogens with zero attached hydrogens (tertiary/aromatic N) is 1. The second-order valence-electron chi connectivity index (χ2n) is 4.34. The van der Waals surface area contributed by atoms with E-state index in [1.807, 2.05) is 6.07 Å². The van der Waals surface area contributed by atoms with Crippen molar-refractivity contribution < 1.29 is 13.9 Å². The molecule has 7 heteroatoms. The molecule has 112 valence electrons. The third kappa shape index (κ3) is 4.42. The van der Waals surface area contributed by atoms with Crippen LogP contribution in [0, 0.1) is 5.26 Å². The molecule has 0 atom stereocenters. The number of thiazole rings is 1. The van der Waals surface area contributed by atoms with Crippen LogP contribution in [0.5, 0.6) is 0 Å². The van der Waals surface area contributed by atoms with Crippen molar-refractivity contribution in [3.63, 3.8) is 0 Å². The Bertz CT molecular complexity index is 630. The quantitative estimate of drug-likeness (QED) is 0.633. The maximum absolute atomic E-state index is 12.8. The topological polar surface area (TPSA) is 77.2 Å². The number of hydrogen-bond acceptors (Lipinski definition) is 6. The molecule has 0 saturated heterocycles. The molecule has 2 aromatic rings. The molecule has 0 aliphatic rings. The molecule has 0 radical (unpaired) electrons. The van der Waals surface area contributed by atoms with Gasteiger partial charge in [0.2, 0.25) is 0 Å². The van der Waals surface area contributed by atoms with E-state index in [1.54, 1.807) is 24.4 Å². The minimum atomic E-state index is -0.448. The van der Waals surface area contributed by atoms with Gasteiger partial charge in [-0.25, -0.2) is 4.98 Å². The smallest absolute Gasteiger partial charge is 0.310 e. The van der Waals surface area contributed by atoms with E-state index < -0.39 is 5.26 Å². The minimum absolute atomic E-state index is 0.150. The fourth-order valence-corrected chi connectivity index (χ4v) is 2.33. The van der Waals surface area contributed by atoms with Gasteiger partial charge in [-0.1, -0.05) is 17.4 Å². The van der Waals surface area contributed by atoms with E-state index in [0.717, 1.165) is 22.6 Å². The zero-order valence-corrected chi connectivity index (χ0v) is 12.4. The number of anilines is 2. The van der Waals surface area contributed by atoms with Crippen LogP contribution in [0.25, 0.3) is 0 Å². The summed E-state index contributed by atoms with van der Waals surface area (Å²) in [4.78, 5) is 15.1. The van der Waals surface area contributed by atoms with Gasteiger partial charge in [-0.3, -0.25) is 4.79 Å². The molecular weight excluding hydrogens is 293 g/mol. The molecule has 2 rings (SSSR count). The molecular formula is C14H16FN3O2S. The average Bonchev–Trinajstić information content (AvgIpc) is 2.85. The first-order valence-electron chi connectivity index (χ1n) is 6.46. The number of carbonyl (C=O) groups excluding carboxylic acids is 1. The fraction of sp³-hybridized carbons (Fsp3) is 0.286. The Hall–Kier alpha value is -2.15. The maximum atomic E-state index is 12.8. The SMILES string of the molecule is CCOC(=O)Cc1ccc(NCc2csc(F)n2)cc1N. The molecule has 1 heterocycles. The van der Waals surface area contributed by atoms with Crippen LogP contribution in [-0.4, -0.2) is 17.6 Å². The number of aromatic nitrogens is 1. The number of carbonyl (C=O) groups is 1. The third-order valence-electron chi connectivity index (χ3n) is 2.78. The summed E-state index contributed by atoms with van der Waals surface area (Å²) in [5.41, 5.74) is 8.57. The third-order valence-corrected chi connectivity index (χ3v) is 3.46. The van der Waals surface area contributed by atoms with Crippen molar-refractivity contribution in [2.45, 2.75) is 19.9 Å². The first-order valence-corrected chi connectivity index (χ1v) is 7.34. The molecule has 0 amide bonds. The van der Waals surface area contributed by atoms with Crippen LogP contribution in [0.15, 0.2) is 23.6 Å². The summed E-state index contributed by atoms with van der Waals surface area (Å²) in [5.74, 6) is -0.303. The van der Waals surface area contributed by atoms with Gasteiger partial charge in [-0.05, 0) is 24.6 Å². The summed E-state index contributed by atoms with van der Waals surface area (Å²) >= 11 is 0.963. The number of nitrogen functional groups attached to an aromatic ring is 1. The van der Waals surface area contributed by atoms with Crippen LogP contribution < -0.4 is 11.1 Å². The molecule has 1 aromatic heterocycles. The van der Waals surface area contributed by atoms with Crippen LogP contribution in [0.2, 0.25) is 0 Å². The van der Waals surface area contributed by atoms with E-state index in [2.05, 4.69) is 10.3 Å². The van der Waals surface area contributed by atoms with Crippen LogP contribution in [0.1, 0.15) is 18.2 Å². The van der Waals surface area contributed by atoms with Gasteiger partial charge in [0, 0.05) is 16.8 Å². The number of esters is 1. The van der Waals surface area contributed by atoms with Crippen molar-refractivity contribution in [3.05, 3.63) is 40.1 Å². The maximum Gasteiger partial charge on any atom is 0.310 e. The van der Waals surface area contributed by atoms with Gasteiger partial charge in [-0.2, -0.15) is 4.39 Å². The number of benzene rings is 1. The first-order chi connectivity index (χ1) is 10.1. The fourth-order valence-electron chi connectivity index (χ4n) is 1.79. The predicted octanol–water partition coefficient (Wildman–Crippen LogP) is 2.58. The van der Waals surface area contributed by atoms with E-state index in [-0.39, 0.29) is 12.4 Å². The Morgan fingerprint density at radius 3 is 2.95 bits per heavy atom. The second kappa shape index (κ2) is 7.03. The molecule has 0 spiro atoms. The predicted molar refractivity (Wildman–Crippen MR) is 80.6 cm³/mol. The van der Waals surface area contributed by atoms with E-state index >= 15 is 0 Å². The molecule has 21 heavy (non-hydrogen) atoms. The monoisotopic (exact) mass is 309 g/mol. The average molecular weight is 309 g/mol. The summed E-state index contributed by atoms with van der Waals surface area (Å²) in [6.07, 6.45) is 0.150. The summed E-state index contributed by atoms with van der Waals surface area (Å²) < 4.78 is 17.7. The largest absolute Gasteiger partial charge is 0.466 e. The summed E-state index contributed by atoms with van der Waals surface area (Å²) in [6.45, 7) is 2.52. The molecule has 0 saturated carbocycles. The van der Waals surface area contributed by atoms with E-state index in [1.165, 1.54) is 0 Å². The van der Waals surface area contributed by atoms with E-state index in [4.69, 9.17) is 10.5 Å². The normalized spacial score (nSPS) is 10.4. The van der Waals surface area contributed by atoms with Gasteiger partial charge in [-0.15, -0.1) is 0 Å². The number of nitrogens with one attached hydrogen (secondary N) is 1. The first kappa shape index (κ1) is 15.2. The number of nitrogens with two attached hydrogens (primary N) is 1. The van der Waals surface area contributed by atoms with E-state index in [9.17, 15) is 9.18 Å². The number of halogens is 1. The number of hydrogen-bond donors (Lipinski definition) is 2. The zero-order valence-electron chi connectivity index (χ0n) is 11.6. The van der Waals surface area contributed by atoms with Crippen LogP contribution in [-0.2, 0) is 22.5 Å². The Balaban J connectivity index is 1.96. The van der Waals surface area contributed by atoms with Gasteiger partial charge < -0.3 is 15.8 Å². The number of ether oxygens (including phenoxy) is 1. The molecule has 0 bridgehead atoms. The van der Waals surface area contributed by atoms with Crippen molar-refractivity contribution in [1.82, 2.24) is 4.98 Å². The Labute approximate surface area is 126 Å². The Kier molecular flexibility index (Phi) is 5.10. The van der Waals surface area contributed by atoms with Crippen molar-refractivity contribution in [1.29, 1.82) is 0 Å². The van der Waals surface area contributed by atoms with Crippen molar-refractivity contribution in [2.24, 2.45) is 0 Å². The van der Waals surface area contributed by atoms with Crippen LogP contribution in [0.3, 0.4) is 0 Å².